The zero-order valence-corrected chi connectivity index (χ0v) is 18.3. The first-order valence-corrected chi connectivity index (χ1v) is 11.4. The van der Waals surface area contributed by atoms with E-state index in [1.165, 1.54) is 54.0 Å². The molecular formula is C22H18F3N3O5S. The molecule has 1 unspecified atom stereocenters. The second-order valence-corrected chi connectivity index (χ2v) is 8.96. The van der Waals surface area contributed by atoms with Crippen LogP contribution in [0.15, 0.2) is 60.7 Å². The van der Waals surface area contributed by atoms with Crippen LogP contribution in [0, 0.1) is 17.5 Å². The topological polar surface area (TPSA) is 125 Å². The first kappa shape index (κ1) is 24.7. The third kappa shape index (κ3) is 5.91. The molecule has 178 valence electrons. The summed E-state index contributed by atoms with van der Waals surface area (Å²) in [6.45, 7) is 0. The number of halogens is 3. The number of hydrogen-bond donors (Lipinski definition) is 4. The largest absolute Gasteiger partial charge is 0.336 e. The van der Waals surface area contributed by atoms with Gasteiger partial charge in [0.25, 0.3) is 11.8 Å². The fourth-order valence-electron chi connectivity index (χ4n) is 3.07. The average Bonchev–Trinajstić information content (AvgIpc) is 2.79. The minimum Gasteiger partial charge on any atom is -0.336 e. The summed E-state index contributed by atoms with van der Waals surface area (Å²) in [5.41, 5.74) is 2.37. The maximum Gasteiger partial charge on any atom is 0.270 e. The Kier molecular flexibility index (Phi) is 7.23. The molecule has 0 saturated carbocycles. The molecule has 0 bridgehead atoms. The van der Waals surface area contributed by atoms with Crippen LogP contribution >= 0.6 is 0 Å². The highest BCUT2D eigenvalue weighted by atomic mass is 32.2. The molecule has 0 radical (unpaired) electrons. The lowest BCUT2D eigenvalue weighted by Crippen LogP contribution is -2.39. The number of rotatable bonds is 7. The summed E-state index contributed by atoms with van der Waals surface area (Å²) in [4.78, 5) is 24.8. The van der Waals surface area contributed by atoms with Crippen LogP contribution in [0.25, 0.3) is 11.1 Å². The zero-order valence-electron chi connectivity index (χ0n) is 17.5. The van der Waals surface area contributed by atoms with Gasteiger partial charge in [-0.2, -0.15) is 0 Å². The summed E-state index contributed by atoms with van der Waals surface area (Å²) in [6, 6.07) is 11.2. The second-order valence-electron chi connectivity index (χ2n) is 7.21. The van der Waals surface area contributed by atoms with Gasteiger partial charge < -0.3 is 5.32 Å². The number of amides is 2. The predicted molar refractivity (Wildman–Crippen MR) is 117 cm³/mol. The molecule has 3 aromatic carbocycles. The zero-order chi connectivity index (χ0) is 25.0. The Hall–Kier alpha value is -3.90. The van der Waals surface area contributed by atoms with Gasteiger partial charge in [-0.25, -0.2) is 27.1 Å². The van der Waals surface area contributed by atoms with Crippen molar-refractivity contribution in [2.45, 2.75) is 6.04 Å². The van der Waals surface area contributed by atoms with Gasteiger partial charge in [-0.15, -0.1) is 0 Å². The highest BCUT2D eigenvalue weighted by molar-refractivity contribution is 7.92. The van der Waals surface area contributed by atoms with Crippen molar-refractivity contribution in [3.05, 3.63) is 89.2 Å². The summed E-state index contributed by atoms with van der Waals surface area (Å²) in [7, 11) is -3.50. The van der Waals surface area contributed by atoms with Gasteiger partial charge in [-0.1, -0.05) is 24.3 Å². The SMILES string of the molecule is CS(=O)(=O)Nc1ccc(C(=O)NC(C(=O)NO)c2ccc(-c3cc(F)c(F)c(F)c3)cc2)cc1. The minimum absolute atomic E-state index is 0.0536. The molecule has 3 aromatic rings. The molecule has 12 heteroatoms. The Morgan fingerprint density at radius 1 is 0.882 bits per heavy atom. The molecule has 0 heterocycles. The molecule has 1 atom stereocenters. The van der Waals surface area contributed by atoms with E-state index in [1.807, 2.05) is 0 Å². The number of nitrogens with one attached hydrogen (secondary N) is 3. The van der Waals surface area contributed by atoms with E-state index in [4.69, 9.17) is 5.21 Å². The van der Waals surface area contributed by atoms with Gasteiger partial charge in [0.05, 0.1) is 6.26 Å². The number of carbonyl (C=O) groups excluding carboxylic acids is 2. The van der Waals surface area contributed by atoms with E-state index in [-0.39, 0.29) is 22.4 Å². The van der Waals surface area contributed by atoms with Crippen molar-refractivity contribution in [2.24, 2.45) is 0 Å². The number of hydroxylamine groups is 1. The summed E-state index contributed by atoms with van der Waals surface area (Å²) < 4.78 is 65.0. The van der Waals surface area contributed by atoms with Crippen LogP contribution in [0.1, 0.15) is 22.0 Å². The third-order valence-electron chi connectivity index (χ3n) is 4.66. The standard InChI is InChI=1S/C22H18F3N3O5S/c1-34(32,33)28-16-8-6-14(7-9-16)21(29)26-20(22(30)27-31)13-4-2-12(3-5-13)15-10-17(23)19(25)18(24)11-15/h2-11,20,28,31H,1H3,(H,26,29)(H,27,30). The fourth-order valence-corrected chi connectivity index (χ4v) is 3.64. The van der Waals surface area contributed by atoms with Crippen molar-refractivity contribution in [3.63, 3.8) is 0 Å². The lowest BCUT2D eigenvalue weighted by atomic mass is 9.99. The van der Waals surface area contributed by atoms with Crippen molar-refractivity contribution in [2.75, 3.05) is 11.0 Å². The van der Waals surface area contributed by atoms with Crippen LogP contribution in [0.3, 0.4) is 0 Å². The van der Waals surface area contributed by atoms with E-state index in [1.54, 1.807) is 0 Å². The maximum absolute atomic E-state index is 13.5. The Morgan fingerprint density at radius 3 is 1.94 bits per heavy atom. The molecule has 34 heavy (non-hydrogen) atoms. The van der Waals surface area contributed by atoms with E-state index in [0.717, 1.165) is 18.4 Å². The normalized spacial score (nSPS) is 12.0. The molecule has 4 N–H and O–H groups in total. The molecule has 0 spiro atoms. The number of carbonyl (C=O) groups is 2. The van der Waals surface area contributed by atoms with Gasteiger partial charge in [0.1, 0.15) is 6.04 Å². The molecule has 0 aliphatic carbocycles. The van der Waals surface area contributed by atoms with Crippen molar-refractivity contribution >= 4 is 27.5 Å². The van der Waals surface area contributed by atoms with Crippen LogP contribution < -0.4 is 15.5 Å². The van der Waals surface area contributed by atoms with Crippen LogP contribution in [-0.2, 0) is 14.8 Å². The summed E-state index contributed by atoms with van der Waals surface area (Å²) in [5, 5.41) is 11.5. The molecule has 0 fully saturated rings. The van der Waals surface area contributed by atoms with Gasteiger partial charge in [0, 0.05) is 11.3 Å². The second kappa shape index (κ2) is 9.93. The maximum atomic E-state index is 13.5. The highest BCUT2D eigenvalue weighted by Crippen LogP contribution is 2.26. The minimum atomic E-state index is -3.50. The summed E-state index contributed by atoms with van der Waals surface area (Å²) in [6.07, 6.45) is 0.972. The van der Waals surface area contributed by atoms with E-state index in [2.05, 4.69) is 10.0 Å². The first-order chi connectivity index (χ1) is 16.0. The fraction of sp³-hybridized carbons (Fsp3) is 0.0909. The van der Waals surface area contributed by atoms with Crippen molar-refractivity contribution in [3.8, 4) is 11.1 Å². The van der Waals surface area contributed by atoms with Crippen LogP contribution in [0.2, 0.25) is 0 Å². The number of benzene rings is 3. The monoisotopic (exact) mass is 493 g/mol. The molecule has 0 aromatic heterocycles. The highest BCUT2D eigenvalue weighted by Gasteiger charge is 2.23. The van der Waals surface area contributed by atoms with Gasteiger partial charge >= 0.3 is 0 Å². The lowest BCUT2D eigenvalue weighted by molar-refractivity contribution is -0.131. The van der Waals surface area contributed by atoms with Gasteiger partial charge in [0.15, 0.2) is 17.5 Å². The Bertz CT molecular complexity index is 1310. The van der Waals surface area contributed by atoms with Crippen molar-refractivity contribution < 1.29 is 36.4 Å². The lowest BCUT2D eigenvalue weighted by Gasteiger charge is -2.18. The van der Waals surface area contributed by atoms with E-state index < -0.39 is 45.3 Å². The Morgan fingerprint density at radius 2 is 1.44 bits per heavy atom. The molecule has 8 nitrogen and oxygen atoms in total. The quantitative estimate of drug-likeness (QED) is 0.229. The average molecular weight is 493 g/mol. The van der Waals surface area contributed by atoms with Gasteiger partial charge in [-0.3, -0.25) is 19.5 Å². The summed E-state index contributed by atoms with van der Waals surface area (Å²) in [5.74, 6) is -5.98. The molecule has 0 aliphatic rings. The van der Waals surface area contributed by atoms with Crippen molar-refractivity contribution in [1.82, 2.24) is 10.8 Å². The van der Waals surface area contributed by atoms with Gasteiger partial charge in [0.2, 0.25) is 10.0 Å². The Balaban J connectivity index is 1.82. The van der Waals surface area contributed by atoms with E-state index in [9.17, 15) is 31.2 Å². The molecule has 3 rings (SSSR count). The molecular weight excluding hydrogens is 475 g/mol. The molecule has 0 saturated heterocycles. The van der Waals surface area contributed by atoms with E-state index >= 15 is 0 Å². The number of sulfonamides is 1. The van der Waals surface area contributed by atoms with E-state index in [0.29, 0.717) is 5.56 Å². The number of anilines is 1. The van der Waals surface area contributed by atoms with Crippen LogP contribution in [0.5, 0.6) is 0 Å². The molecule has 2 amide bonds. The van der Waals surface area contributed by atoms with Crippen LogP contribution in [-0.4, -0.2) is 31.7 Å². The third-order valence-corrected chi connectivity index (χ3v) is 5.27. The Labute approximate surface area is 192 Å². The number of hydrogen-bond acceptors (Lipinski definition) is 5. The first-order valence-electron chi connectivity index (χ1n) is 9.56. The summed E-state index contributed by atoms with van der Waals surface area (Å²) >= 11 is 0. The van der Waals surface area contributed by atoms with Gasteiger partial charge in [-0.05, 0) is 53.1 Å². The smallest absolute Gasteiger partial charge is 0.270 e. The predicted octanol–water partition coefficient (Wildman–Crippen LogP) is 3.12. The van der Waals surface area contributed by atoms with Crippen LogP contribution in [0.4, 0.5) is 18.9 Å². The van der Waals surface area contributed by atoms with Crippen molar-refractivity contribution in [1.29, 1.82) is 0 Å². The molecule has 0 aliphatic heterocycles.